The van der Waals surface area contributed by atoms with Gasteiger partial charge in [-0.15, -0.1) is 0 Å². The molecule has 2 aliphatic heterocycles. The van der Waals surface area contributed by atoms with Crippen LogP contribution in [-0.2, 0) is 26.1 Å². The third-order valence-electron chi connectivity index (χ3n) is 6.12. The smallest absolute Gasteiger partial charge is 0.208 e. The molecule has 158 valence electrons. The van der Waals surface area contributed by atoms with Crippen molar-refractivity contribution in [3.05, 3.63) is 76.5 Å². The Morgan fingerprint density at radius 1 is 1.22 bits per heavy atom. The summed E-state index contributed by atoms with van der Waals surface area (Å²) in [5.41, 5.74) is 6.77. The number of nitrogens with one attached hydrogen (secondary N) is 2. The Kier molecular flexibility index (Phi) is 4.30. The van der Waals surface area contributed by atoms with Crippen molar-refractivity contribution in [1.82, 2.24) is 19.7 Å². The fourth-order valence-corrected chi connectivity index (χ4v) is 4.50. The van der Waals surface area contributed by atoms with Crippen LogP contribution < -0.4 is 15.4 Å². The van der Waals surface area contributed by atoms with Crippen LogP contribution in [0.25, 0.3) is 16.8 Å². The Morgan fingerprint density at radius 2 is 2.12 bits per heavy atom. The first-order valence-electron chi connectivity index (χ1n) is 10.5. The summed E-state index contributed by atoms with van der Waals surface area (Å²) in [6.07, 6.45) is 4.09. The molecule has 2 aliphatic rings. The van der Waals surface area contributed by atoms with Crippen LogP contribution in [0.5, 0.6) is 5.75 Å². The highest BCUT2D eigenvalue weighted by Gasteiger charge is 2.20. The second-order valence-electron chi connectivity index (χ2n) is 7.97. The molecule has 8 heteroatoms. The van der Waals surface area contributed by atoms with Crippen LogP contribution in [0, 0.1) is 17.1 Å². The van der Waals surface area contributed by atoms with Gasteiger partial charge in [-0.25, -0.2) is 14.4 Å². The number of nitrogens with zero attached hydrogens (tertiary/aromatic N) is 4. The monoisotopic (exact) mass is 426 g/mol. The van der Waals surface area contributed by atoms with Crippen molar-refractivity contribution >= 4 is 11.6 Å². The third-order valence-corrected chi connectivity index (χ3v) is 6.12. The Morgan fingerprint density at radius 3 is 3.03 bits per heavy atom. The van der Waals surface area contributed by atoms with Crippen molar-refractivity contribution in [1.29, 1.82) is 5.26 Å². The molecule has 0 saturated carbocycles. The fraction of sp³-hybridized carbons (Fsp3) is 0.208. The molecule has 32 heavy (non-hydrogen) atoms. The van der Waals surface area contributed by atoms with Crippen molar-refractivity contribution in [3.63, 3.8) is 0 Å². The molecule has 0 aliphatic carbocycles. The van der Waals surface area contributed by atoms with Crippen LogP contribution in [0.1, 0.15) is 27.9 Å². The topological polar surface area (TPSA) is 87.3 Å². The molecule has 4 heterocycles. The average molecular weight is 426 g/mol. The molecule has 0 radical (unpaired) electrons. The highest BCUT2D eigenvalue weighted by atomic mass is 19.1. The summed E-state index contributed by atoms with van der Waals surface area (Å²) in [6.45, 7) is 2.52. The van der Waals surface area contributed by atoms with Crippen molar-refractivity contribution < 1.29 is 9.13 Å². The first-order chi connectivity index (χ1) is 15.7. The highest BCUT2D eigenvalue weighted by molar-refractivity contribution is 5.79. The molecule has 0 unspecified atom stereocenters. The average Bonchev–Trinajstić information content (AvgIpc) is 3.56. The van der Waals surface area contributed by atoms with Crippen LogP contribution in [-0.4, -0.2) is 21.0 Å². The van der Waals surface area contributed by atoms with Gasteiger partial charge in [0.25, 0.3) is 0 Å². The molecule has 0 saturated heterocycles. The molecule has 2 aromatic carbocycles. The SMILES string of the molecule is N#Cc1cn2c(NCc3c(F)ccc4c3CCO4)ncc(-c3ccc4c(c3)CNC4)c2n1. The van der Waals surface area contributed by atoms with Crippen LogP contribution in [0.2, 0.25) is 0 Å². The molecule has 4 aromatic rings. The predicted molar refractivity (Wildman–Crippen MR) is 117 cm³/mol. The van der Waals surface area contributed by atoms with E-state index in [1.807, 2.05) is 0 Å². The number of ether oxygens (including phenoxy) is 1. The lowest BCUT2D eigenvalue weighted by Gasteiger charge is -2.13. The number of fused-ring (bicyclic) bond motifs is 3. The van der Waals surface area contributed by atoms with E-state index in [-0.39, 0.29) is 12.4 Å². The number of anilines is 1. The molecule has 0 fully saturated rings. The number of imidazole rings is 1. The quantitative estimate of drug-likeness (QED) is 0.519. The van der Waals surface area contributed by atoms with E-state index >= 15 is 0 Å². The Hall–Kier alpha value is -3.96. The maximum atomic E-state index is 14.5. The summed E-state index contributed by atoms with van der Waals surface area (Å²) in [5.74, 6) is 0.957. The van der Waals surface area contributed by atoms with Gasteiger partial charge in [0.15, 0.2) is 11.3 Å². The van der Waals surface area contributed by atoms with Crippen LogP contribution in [0.3, 0.4) is 0 Å². The van der Waals surface area contributed by atoms with Crippen LogP contribution >= 0.6 is 0 Å². The number of benzene rings is 2. The molecule has 2 N–H and O–H groups in total. The van der Waals surface area contributed by atoms with Gasteiger partial charge >= 0.3 is 0 Å². The summed E-state index contributed by atoms with van der Waals surface area (Å²) in [6, 6.07) is 11.5. The minimum absolute atomic E-state index is 0.254. The first kappa shape index (κ1) is 18.8. The third kappa shape index (κ3) is 2.98. The second-order valence-corrected chi connectivity index (χ2v) is 7.97. The van der Waals surface area contributed by atoms with E-state index < -0.39 is 0 Å². The first-order valence-corrected chi connectivity index (χ1v) is 10.5. The Balaban J connectivity index is 1.39. The van der Waals surface area contributed by atoms with Gasteiger partial charge in [-0.2, -0.15) is 5.26 Å². The van der Waals surface area contributed by atoms with Crippen molar-refractivity contribution in [2.75, 3.05) is 11.9 Å². The van der Waals surface area contributed by atoms with Gasteiger partial charge in [-0.1, -0.05) is 12.1 Å². The largest absolute Gasteiger partial charge is 0.493 e. The minimum Gasteiger partial charge on any atom is -0.493 e. The number of halogens is 1. The summed E-state index contributed by atoms with van der Waals surface area (Å²) in [5, 5.41) is 16.0. The van der Waals surface area contributed by atoms with Gasteiger partial charge in [-0.05, 0) is 34.9 Å². The van der Waals surface area contributed by atoms with Gasteiger partial charge in [0.2, 0.25) is 5.95 Å². The molecule has 2 aromatic heterocycles. The summed E-state index contributed by atoms with van der Waals surface area (Å²) < 4.78 is 21.9. The molecule has 0 spiro atoms. The zero-order valence-corrected chi connectivity index (χ0v) is 17.2. The van der Waals surface area contributed by atoms with Gasteiger partial charge in [0.05, 0.1) is 12.8 Å². The highest BCUT2D eigenvalue weighted by Crippen LogP contribution is 2.32. The zero-order chi connectivity index (χ0) is 21.7. The summed E-state index contributed by atoms with van der Waals surface area (Å²) in [7, 11) is 0. The molecular formula is C24H19FN6O. The van der Waals surface area contributed by atoms with Crippen LogP contribution in [0.15, 0.2) is 42.7 Å². The van der Waals surface area contributed by atoms with Crippen molar-refractivity contribution in [3.8, 4) is 22.9 Å². The number of aromatic nitrogens is 3. The normalized spacial score (nSPS) is 14.1. The van der Waals surface area contributed by atoms with Gasteiger partial charge in [0, 0.05) is 48.9 Å². The van der Waals surface area contributed by atoms with Gasteiger partial charge in [0.1, 0.15) is 17.6 Å². The maximum absolute atomic E-state index is 14.5. The lowest BCUT2D eigenvalue weighted by Crippen LogP contribution is -2.09. The number of hydrogen-bond acceptors (Lipinski definition) is 6. The standard InChI is InChI=1S/C24H19FN6O/c25-21-3-4-22-18(5-6-32-22)20(21)12-29-24-28-11-19(23-30-17(8-26)13-31(23)24)14-1-2-15-9-27-10-16(15)7-14/h1-4,7,11,13,27H,5-6,9-10,12H2,(H,28,29). The number of rotatable bonds is 4. The Bertz CT molecular complexity index is 1420. The zero-order valence-electron chi connectivity index (χ0n) is 17.2. The molecular weight excluding hydrogens is 407 g/mol. The fourth-order valence-electron chi connectivity index (χ4n) is 4.50. The molecule has 0 bridgehead atoms. The lowest BCUT2D eigenvalue weighted by atomic mass is 10.0. The maximum Gasteiger partial charge on any atom is 0.208 e. The Labute approximate surface area is 183 Å². The number of nitriles is 1. The second kappa shape index (κ2) is 7.32. The van der Waals surface area contributed by atoms with E-state index in [4.69, 9.17) is 4.74 Å². The van der Waals surface area contributed by atoms with E-state index in [9.17, 15) is 9.65 Å². The summed E-state index contributed by atoms with van der Waals surface area (Å²) >= 11 is 0. The van der Waals surface area contributed by atoms with Gasteiger partial charge in [-0.3, -0.25) is 4.40 Å². The van der Waals surface area contributed by atoms with E-state index in [2.05, 4.69) is 44.9 Å². The lowest BCUT2D eigenvalue weighted by molar-refractivity contribution is 0.356. The predicted octanol–water partition coefficient (Wildman–Crippen LogP) is 3.56. The van der Waals surface area contributed by atoms with Crippen molar-refractivity contribution in [2.45, 2.75) is 26.1 Å². The van der Waals surface area contributed by atoms with Gasteiger partial charge < -0.3 is 15.4 Å². The van der Waals surface area contributed by atoms with Crippen molar-refractivity contribution in [2.24, 2.45) is 0 Å². The molecule has 0 amide bonds. The number of hydrogen-bond donors (Lipinski definition) is 2. The van der Waals surface area contributed by atoms with E-state index in [1.165, 1.54) is 17.2 Å². The minimum atomic E-state index is -0.273. The van der Waals surface area contributed by atoms with Crippen LogP contribution in [0.4, 0.5) is 10.3 Å². The molecule has 6 rings (SSSR count). The van der Waals surface area contributed by atoms with E-state index in [0.29, 0.717) is 35.9 Å². The molecule has 0 atom stereocenters. The van der Waals surface area contributed by atoms with E-state index in [1.54, 1.807) is 22.9 Å². The van der Waals surface area contributed by atoms with E-state index in [0.717, 1.165) is 35.5 Å². The summed E-state index contributed by atoms with van der Waals surface area (Å²) in [4.78, 5) is 9.10. The molecule has 7 nitrogen and oxygen atoms in total.